The van der Waals surface area contributed by atoms with Gasteiger partial charge in [-0.2, -0.15) is 0 Å². The zero-order chi connectivity index (χ0) is 35.5. The van der Waals surface area contributed by atoms with Crippen LogP contribution in [0.2, 0.25) is 0 Å². The monoisotopic (exact) mass is 680 g/mol. The Morgan fingerprint density at radius 1 is 1.02 bits per heavy atom. The van der Waals surface area contributed by atoms with Gasteiger partial charge in [0, 0.05) is 36.1 Å². The van der Waals surface area contributed by atoms with Gasteiger partial charge in [-0.05, 0) is 67.7 Å². The van der Waals surface area contributed by atoms with E-state index in [0.29, 0.717) is 41.0 Å². The first-order chi connectivity index (χ1) is 23.0. The number of imide groups is 1. The SMILES string of the molecule is C[C@@H]1C[C@H]2[C@@H]3CCC4=CC(=O)C=C[C@]4(C)[C@@]3(F)[C@@H](O)C[C@]2(C)[C@@]1(O)C(=O)COC(=O)NCc1ccc(CC(=O)ON2C(=O)CCC2=O)cc1. The number of nitrogens with zero attached hydrogens (tertiary/aromatic N) is 1. The number of carbonyl (C=O) groups excluding carboxylic acids is 6. The lowest BCUT2D eigenvalue weighted by Gasteiger charge is -2.62. The molecule has 0 spiro atoms. The Kier molecular flexibility index (Phi) is 8.67. The van der Waals surface area contributed by atoms with Crippen molar-refractivity contribution in [1.82, 2.24) is 10.4 Å². The fourth-order valence-corrected chi connectivity index (χ4v) is 9.34. The third-order valence-corrected chi connectivity index (χ3v) is 12.0. The predicted molar refractivity (Wildman–Crippen MR) is 168 cm³/mol. The summed E-state index contributed by atoms with van der Waals surface area (Å²) in [5.74, 6) is -4.57. The van der Waals surface area contributed by atoms with Crippen molar-refractivity contribution in [3.63, 3.8) is 0 Å². The van der Waals surface area contributed by atoms with E-state index in [-0.39, 0.29) is 38.0 Å². The number of benzene rings is 1. The number of alkyl carbamates (subject to hydrolysis) is 1. The second-order valence-electron chi connectivity index (χ2n) is 14.6. The quantitative estimate of drug-likeness (QED) is 0.346. The molecule has 0 bridgehead atoms. The van der Waals surface area contributed by atoms with E-state index in [2.05, 4.69) is 5.32 Å². The molecule has 1 aliphatic heterocycles. The Labute approximate surface area is 282 Å². The number of fused-ring (bicyclic) bond motifs is 5. The number of rotatable bonds is 8. The van der Waals surface area contributed by atoms with Gasteiger partial charge in [-0.3, -0.25) is 19.2 Å². The second-order valence-corrected chi connectivity index (χ2v) is 14.6. The van der Waals surface area contributed by atoms with Crippen LogP contribution in [-0.4, -0.2) is 74.7 Å². The van der Waals surface area contributed by atoms with Crippen molar-refractivity contribution in [3.05, 3.63) is 59.2 Å². The summed E-state index contributed by atoms with van der Waals surface area (Å²) in [7, 11) is 0. The molecule has 13 heteroatoms. The zero-order valence-corrected chi connectivity index (χ0v) is 27.7. The first-order valence-electron chi connectivity index (χ1n) is 16.7. The molecule has 1 heterocycles. The van der Waals surface area contributed by atoms with Crippen molar-refractivity contribution in [3.8, 4) is 0 Å². The maximum atomic E-state index is 17.4. The Morgan fingerprint density at radius 2 is 1.67 bits per heavy atom. The summed E-state index contributed by atoms with van der Waals surface area (Å²) in [6.45, 7) is 4.44. The van der Waals surface area contributed by atoms with Gasteiger partial charge in [0.05, 0.1) is 12.5 Å². The van der Waals surface area contributed by atoms with E-state index >= 15 is 4.39 Å². The van der Waals surface area contributed by atoms with E-state index in [0.717, 1.165) is 0 Å². The topological polar surface area (TPSA) is 177 Å². The van der Waals surface area contributed by atoms with Crippen LogP contribution in [0, 0.1) is 28.6 Å². The average Bonchev–Trinajstić information content (AvgIpc) is 3.47. The van der Waals surface area contributed by atoms with Crippen LogP contribution in [0.1, 0.15) is 70.4 Å². The molecule has 4 fully saturated rings. The summed E-state index contributed by atoms with van der Waals surface area (Å²) < 4.78 is 22.6. The first kappa shape index (κ1) is 34.6. The highest BCUT2D eigenvalue weighted by Crippen LogP contribution is 2.70. The average molecular weight is 681 g/mol. The van der Waals surface area contributed by atoms with Crippen LogP contribution in [0.3, 0.4) is 0 Å². The third-order valence-electron chi connectivity index (χ3n) is 12.0. The number of ketones is 2. The molecule has 5 aliphatic rings. The molecular weight excluding hydrogens is 639 g/mol. The van der Waals surface area contributed by atoms with E-state index in [1.165, 1.54) is 12.2 Å². The van der Waals surface area contributed by atoms with Crippen LogP contribution >= 0.6 is 0 Å². The predicted octanol–water partition coefficient (Wildman–Crippen LogP) is 2.98. The van der Waals surface area contributed by atoms with Crippen molar-refractivity contribution in [2.75, 3.05) is 6.61 Å². The lowest BCUT2D eigenvalue weighted by Crippen LogP contribution is -2.69. The Bertz CT molecular complexity index is 1660. The Morgan fingerprint density at radius 3 is 2.35 bits per heavy atom. The Hall–Kier alpha value is -4.23. The second kappa shape index (κ2) is 12.3. The molecule has 0 aromatic heterocycles. The number of hydrogen-bond acceptors (Lipinski definition) is 10. The number of allylic oxidation sites excluding steroid dienone is 4. The number of aliphatic hydroxyl groups excluding tert-OH is 1. The third kappa shape index (κ3) is 5.41. The molecule has 4 aliphatic carbocycles. The maximum Gasteiger partial charge on any atom is 0.407 e. The van der Waals surface area contributed by atoms with Crippen molar-refractivity contribution < 1.29 is 52.9 Å². The molecule has 8 atom stereocenters. The molecule has 49 heavy (non-hydrogen) atoms. The molecule has 1 aromatic rings. The summed E-state index contributed by atoms with van der Waals surface area (Å²) in [6, 6.07) is 6.53. The molecule has 0 unspecified atom stereocenters. The summed E-state index contributed by atoms with van der Waals surface area (Å²) in [4.78, 5) is 78.7. The minimum atomic E-state index is -2.10. The number of alkyl halides is 1. The van der Waals surface area contributed by atoms with Gasteiger partial charge in [0.2, 0.25) is 5.78 Å². The largest absolute Gasteiger partial charge is 0.441 e. The smallest absolute Gasteiger partial charge is 0.407 e. The number of halogens is 1. The van der Waals surface area contributed by atoms with Crippen LogP contribution in [0.4, 0.5) is 9.18 Å². The summed E-state index contributed by atoms with van der Waals surface area (Å²) >= 11 is 0. The number of hydrogen-bond donors (Lipinski definition) is 3. The van der Waals surface area contributed by atoms with Crippen molar-refractivity contribution in [2.45, 2.75) is 89.6 Å². The number of amides is 3. The van der Waals surface area contributed by atoms with Crippen LogP contribution in [-0.2, 0) is 46.5 Å². The van der Waals surface area contributed by atoms with Crippen molar-refractivity contribution in [2.24, 2.45) is 28.6 Å². The van der Waals surface area contributed by atoms with E-state index in [1.54, 1.807) is 51.1 Å². The highest BCUT2D eigenvalue weighted by atomic mass is 19.1. The van der Waals surface area contributed by atoms with Gasteiger partial charge in [0.25, 0.3) is 11.8 Å². The van der Waals surface area contributed by atoms with Gasteiger partial charge < -0.3 is 25.1 Å². The maximum absolute atomic E-state index is 17.4. The first-order valence-corrected chi connectivity index (χ1v) is 16.7. The number of carbonyl (C=O) groups is 6. The summed E-state index contributed by atoms with van der Waals surface area (Å²) in [5.41, 5.74) is -4.63. The summed E-state index contributed by atoms with van der Waals surface area (Å²) in [5, 5.41) is 26.6. The van der Waals surface area contributed by atoms with Gasteiger partial charge >= 0.3 is 12.1 Å². The van der Waals surface area contributed by atoms with Crippen LogP contribution < -0.4 is 5.32 Å². The van der Waals surface area contributed by atoms with Gasteiger partial charge in [0.1, 0.15) is 5.60 Å². The van der Waals surface area contributed by atoms with Crippen LogP contribution in [0.5, 0.6) is 0 Å². The fourth-order valence-electron chi connectivity index (χ4n) is 9.34. The normalized spacial score (nSPS) is 36.4. The van der Waals surface area contributed by atoms with Gasteiger partial charge in [0.15, 0.2) is 18.1 Å². The van der Waals surface area contributed by atoms with Gasteiger partial charge in [-0.25, -0.2) is 14.0 Å². The number of nitrogens with one attached hydrogen (secondary N) is 1. The van der Waals surface area contributed by atoms with E-state index in [1.807, 2.05) is 0 Å². The van der Waals surface area contributed by atoms with Gasteiger partial charge in [-0.15, -0.1) is 5.06 Å². The van der Waals surface area contributed by atoms with Crippen molar-refractivity contribution in [1.29, 1.82) is 0 Å². The van der Waals surface area contributed by atoms with E-state index in [9.17, 15) is 39.0 Å². The lowest BCUT2D eigenvalue weighted by molar-refractivity contribution is -0.219. The molecule has 6 rings (SSSR count). The van der Waals surface area contributed by atoms with Gasteiger partial charge in [-0.1, -0.05) is 49.8 Å². The number of aliphatic hydroxyl groups is 2. The van der Waals surface area contributed by atoms with Crippen molar-refractivity contribution >= 4 is 35.4 Å². The number of ether oxygens (including phenoxy) is 1. The minimum absolute atomic E-state index is 0.00207. The molecule has 3 saturated carbocycles. The minimum Gasteiger partial charge on any atom is -0.441 e. The molecule has 1 aromatic carbocycles. The standard InChI is InChI=1S/C36H41FN2O10/c1-20-14-26-25-9-8-23-16-24(40)12-13-33(23,2)35(25,37)27(41)17-34(26,3)36(20,47)28(42)19-48-32(46)38-18-22-6-4-21(5-7-22)15-31(45)49-39-29(43)10-11-30(39)44/h4-7,12-13,16,20,25-27,41,47H,8-11,14-15,17-19H2,1-3H3,(H,38,46)/t20-,25+,26+,27+,33+,34+,35+,36+/m1/s1. The molecule has 12 nitrogen and oxygen atoms in total. The van der Waals surface area contributed by atoms with Crippen LogP contribution in [0.15, 0.2) is 48.1 Å². The molecule has 1 saturated heterocycles. The molecular formula is C36H41FN2O10. The highest BCUT2D eigenvalue weighted by Gasteiger charge is 2.75. The highest BCUT2D eigenvalue weighted by molar-refractivity contribution is 6.02. The number of hydroxylamine groups is 2. The lowest BCUT2D eigenvalue weighted by atomic mass is 9.44. The fraction of sp³-hybridized carbons (Fsp3) is 0.556. The molecule has 262 valence electrons. The van der Waals surface area contributed by atoms with E-state index in [4.69, 9.17) is 9.57 Å². The summed E-state index contributed by atoms with van der Waals surface area (Å²) in [6.07, 6.45) is 2.72. The molecule has 3 N–H and O–H groups in total. The zero-order valence-electron chi connectivity index (χ0n) is 27.7. The Balaban J connectivity index is 1.05. The number of Topliss-reactive ketones (excluding diaryl/α,β-unsaturated/α-hetero) is 1. The molecule has 0 radical (unpaired) electrons. The van der Waals surface area contributed by atoms with E-state index < -0.39 is 82.2 Å². The molecule has 3 amide bonds. The van der Waals surface area contributed by atoms with Crippen LogP contribution in [0.25, 0.3) is 0 Å².